The van der Waals surface area contributed by atoms with Gasteiger partial charge in [-0.05, 0) is 38.3 Å². The standard InChI is InChI=1S/C19H24NO4/c1-3-5-9-14(19(23)24-4-2)10-8-13-20-17(21)15-11-6-7-12-16(15)18(20)22/h6-7,11-12H,3-5,8-10,13H2,1-2H3. The monoisotopic (exact) mass is 330 g/mol. The molecule has 1 heterocycles. The quantitative estimate of drug-likeness (QED) is 0.514. The largest absolute Gasteiger partial charge is 0.466 e. The number of imide groups is 1. The molecule has 1 aromatic carbocycles. The molecule has 0 N–H and O–H groups in total. The number of carbonyl (C=O) groups is 3. The molecule has 0 aliphatic carbocycles. The van der Waals surface area contributed by atoms with Gasteiger partial charge in [-0.1, -0.05) is 31.9 Å². The van der Waals surface area contributed by atoms with Crippen molar-refractivity contribution < 1.29 is 19.1 Å². The molecule has 0 unspecified atom stereocenters. The zero-order valence-electron chi connectivity index (χ0n) is 14.3. The van der Waals surface area contributed by atoms with Gasteiger partial charge in [0.25, 0.3) is 11.8 Å². The van der Waals surface area contributed by atoms with Gasteiger partial charge < -0.3 is 4.74 Å². The second-order valence-electron chi connectivity index (χ2n) is 5.84. The third-order valence-corrected chi connectivity index (χ3v) is 4.13. The van der Waals surface area contributed by atoms with E-state index in [1.54, 1.807) is 31.2 Å². The van der Waals surface area contributed by atoms with Crippen LogP contribution in [0.15, 0.2) is 24.3 Å². The molecule has 0 atom stereocenters. The van der Waals surface area contributed by atoms with E-state index in [0.29, 0.717) is 43.5 Å². The van der Waals surface area contributed by atoms with Crippen LogP contribution in [0.25, 0.3) is 0 Å². The van der Waals surface area contributed by atoms with Gasteiger partial charge >= 0.3 is 5.97 Å². The molecule has 0 fully saturated rings. The molecule has 24 heavy (non-hydrogen) atoms. The Bertz CT molecular complexity index is 576. The Labute approximate surface area is 143 Å². The van der Waals surface area contributed by atoms with E-state index in [1.165, 1.54) is 4.90 Å². The molecule has 5 heteroatoms. The molecule has 1 aliphatic heterocycles. The second kappa shape index (κ2) is 8.62. The first kappa shape index (κ1) is 18.2. The summed E-state index contributed by atoms with van der Waals surface area (Å²) in [4.78, 5) is 37.8. The van der Waals surface area contributed by atoms with Gasteiger partial charge in [0, 0.05) is 6.54 Å². The molecule has 5 nitrogen and oxygen atoms in total. The van der Waals surface area contributed by atoms with E-state index in [9.17, 15) is 14.4 Å². The second-order valence-corrected chi connectivity index (χ2v) is 5.84. The van der Waals surface area contributed by atoms with Crippen LogP contribution in [-0.2, 0) is 9.53 Å². The van der Waals surface area contributed by atoms with Crippen LogP contribution >= 0.6 is 0 Å². The fourth-order valence-corrected chi connectivity index (χ4v) is 2.85. The van der Waals surface area contributed by atoms with Crippen LogP contribution in [0.4, 0.5) is 0 Å². The van der Waals surface area contributed by atoms with E-state index in [2.05, 4.69) is 6.92 Å². The summed E-state index contributed by atoms with van der Waals surface area (Å²) in [6.07, 6.45) is 3.76. The van der Waals surface area contributed by atoms with Crippen molar-refractivity contribution in [2.24, 2.45) is 0 Å². The number of ether oxygens (including phenoxy) is 1. The van der Waals surface area contributed by atoms with Crippen molar-refractivity contribution in [2.45, 2.75) is 46.0 Å². The van der Waals surface area contributed by atoms with E-state index >= 15 is 0 Å². The van der Waals surface area contributed by atoms with Crippen LogP contribution in [0, 0.1) is 5.92 Å². The van der Waals surface area contributed by atoms with Crippen molar-refractivity contribution in [1.29, 1.82) is 0 Å². The molecular formula is C19H24NO4. The third kappa shape index (κ3) is 4.02. The highest BCUT2D eigenvalue weighted by atomic mass is 16.5. The number of benzene rings is 1. The molecule has 0 bridgehead atoms. The first-order valence-electron chi connectivity index (χ1n) is 8.57. The predicted octanol–water partition coefficient (Wildman–Crippen LogP) is 3.39. The number of hydrogen-bond acceptors (Lipinski definition) is 4. The van der Waals surface area contributed by atoms with Crippen molar-refractivity contribution in [3.8, 4) is 0 Å². The molecule has 1 aliphatic rings. The van der Waals surface area contributed by atoms with E-state index in [-0.39, 0.29) is 17.8 Å². The van der Waals surface area contributed by atoms with Gasteiger partial charge in [0.05, 0.1) is 23.7 Å². The molecule has 2 amide bonds. The Balaban J connectivity index is 1.91. The fraction of sp³-hybridized carbons (Fsp3) is 0.474. The van der Waals surface area contributed by atoms with Crippen LogP contribution < -0.4 is 0 Å². The lowest BCUT2D eigenvalue weighted by molar-refractivity contribution is -0.141. The first-order chi connectivity index (χ1) is 11.6. The minimum Gasteiger partial charge on any atom is -0.466 e. The molecule has 1 aromatic rings. The van der Waals surface area contributed by atoms with Crippen molar-refractivity contribution in [3.63, 3.8) is 0 Å². The number of esters is 1. The number of hydrogen-bond donors (Lipinski definition) is 0. The van der Waals surface area contributed by atoms with Crippen LogP contribution in [-0.4, -0.2) is 35.8 Å². The summed E-state index contributed by atoms with van der Waals surface area (Å²) in [7, 11) is 0. The number of fused-ring (bicyclic) bond motifs is 1. The fourth-order valence-electron chi connectivity index (χ4n) is 2.85. The van der Waals surface area contributed by atoms with Gasteiger partial charge in [0.1, 0.15) is 0 Å². The lowest BCUT2D eigenvalue weighted by Crippen LogP contribution is -2.31. The Kier molecular flexibility index (Phi) is 6.53. The number of carbonyl (C=O) groups excluding carboxylic acids is 3. The summed E-state index contributed by atoms with van der Waals surface area (Å²) in [5.41, 5.74) is 0.922. The summed E-state index contributed by atoms with van der Waals surface area (Å²) >= 11 is 0. The average Bonchev–Trinajstić information content (AvgIpc) is 2.83. The van der Waals surface area contributed by atoms with Gasteiger partial charge in [-0.15, -0.1) is 0 Å². The summed E-state index contributed by atoms with van der Waals surface area (Å²) in [5.74, 6) is -0.00712. The van der Waals surface area contributed by atoms with Gasteiger partial charge in [0.15, 0.2) is 0 Å². The zero-order chi connectivity index (χ0) is 17.5. The molecule has 0 saturated heterocycles. The maximum atomic E-state index is 12.3. The third-order valence-electron chi connectivity index (χ3n) is 4.13. The van der Waals surface area contributed by atoms with Gasteiger partial charge in [0.2, 0.25) is 0 Å². The maximum absolute atomic E-state index is 12.3. The van der Waals surface area contributed by atoms with E-state index < -0.39 is 0 Å². The summed E-state index contributed by atoms with van der Waals surface area (Å²) in [6.45, 7) is 4.53. The Hall–Kier alpha value is -2.17. The predicted molar refractivity (Wildman–Crippen MR) is 90.4 cm³/mol. The zero-order valence-corrected chi connectivity index (χ0v) is 14.3. The van der Waals surface area contributed by atoms with Crippen molar-refractivity contribution in [1.82, 2.24) is 4.90 Å². The van der Waals surface area contributed by atoms with Crippen LogP contribution in [0.2, 0.25) is 0 Å². The minimum atomic E-state index is -0.256. The van der Waals surface area contributed by atoms with Gasteiger partial charge in [-0.25, -0.2) is 0 Å². The maximum Gasteiger partial charge on any atom is 0.313 e. The van der Waals surface area contributed by atoms with E-state index in [0.717, 1.165) is 18.8 Å². The number of rotatable bonds is 9. The van der Waals surface area contributed by atoms with Crippen LogP contribution in [0.1, 0.15) is 66.7 Å². The Morgan fingerprint density at radius 2 is 1.58 bits per heavy atom. The molecule has 0 spiro atoms. The first-order valence-corrected chi connectivity index (χ1v) is 8.57. The highest BCUT2D eigenvalue weighted by Gasteiger charge is 2.34. The highest BCUT2D eigenvalue weighted by molar-refractivity contribution is 6.21. The normalized spacial score (nSPS) is 13.5. The molecule has 129 valence electrons. The number of unbranched alkanes of at least 4 members (excludes halogenated alkanes) is 1. The number of amides is 2. The van der Waals surface area contributed by atoms with Gasteiger partial charge in [-0.3, -0.25) is 19.3 Å². The van der Waals surface area contributed by atoms with E-state index in [1.807, 2.05) is 0 Å². The van der Waals surface area contributed by atoms with Crippen LogP contribution in [0.5, 0.6) is 0 Å². The van der Waals surface area contributed by atoms with E-state index in [4.69, 9.17) is 4.74 Å². The molecule has 2 rings (SSSR count). The molecule has 1 radical (unpaired) electrons. The summed E-state index contributed by atoms with van der Waals surface area (Å²) in [5, 5.41) is 0. The minimum absolute atomic E-state index is 0.248. The van der Waals surface area contributed by atoms with Gasteiger partial charge in [-0.2, -0.15) is 0 Å². The van der Waals surface area contributed by atoms with Crippen molar-refractivity contribution >= 4 is 17.8 Å². The lowest BCUT2D eigenvalue weighted by Gasteiger charge is -2.17. The molecular weight excluding hydrogens is 306 g/mol. The SMILES string of the molecule is CCCC[C](CCCN1C(=O)c2ccccc2C1=O)C(=O)OCC. The van der Waals surface area contributed by atoms with Crippen molar-refractivity contribution in [2.75, 3.05) is 13.2 Å². The molecule has 0 saturated carbocycles. The topological polar surface area (TPSA) is 63.7 Å². The lowest BCUT2D eigenvalue weighted by atomic mass is 9.97. The average molecular weight is 330 g/mol. The highest BCUT2D eigenvalue weighted by Crippen LogP contribution is 2.24. The smallest absolute Gasteiger partial charge is 0.313 e. The number of nitrogens with zero attached hydrogens (tertiary/aromatic N) is 1. The Morgan fingerprint density at radius 3 is 2.12 bits per heavy atom. The summed E-state index contributed by atoms with van der Waals surface area (Å²) in [6, 6.07) is 6.86. The van der Waals surface area contributed by atoms with Crippen LogP contribution in [0.3, 0.4) is 0 Å². The Morgan fingerprint density at radius 1 is 1.00 bits per heavy atom. The summed E-state index contributed by atoms with van der Waals surface area (Å²) < 4.78 is 5.09. The molecule has 0 aromatic heterocycles. The van der Waals surface area contributed by atoms with Crippen molar-refractivity contribution in [3.05, 3.63) is 41.3 Å².